The highest BCUT2D eigenvalue weighted by Crippen LogP contribution is 2.35. The molecule has 4 nitrogen and oxygen atoms in total. The van der Waals surface area contributed by atoms with E-state index in [2.05, 4.69) is 0 Å². The molecule has 1 saturated heterocycles. The molecule has 0 bridgehead atoms. The third kappa shape index (κ3) is 2.34. The molecule has 1 fully saturated rings. The van der Waals surface area contributed by atoms with Crippen LogP contribution in [0.25, 0.3) is 11.0 Å². The average molecular weight is 315 g/mol. The fraction of sp³-hybridized carbons (Fsp3) is 0.429. The molecule has 20 heavy (non-hydrogen) atoms. The molecule has 2 unspecified atom stereocenters. The smallest absolute Gasteiger partial charge is 0.156 e. The fourth-order valence-corrected chi connectivity index (χ4v) is 4.89. The van der Waals surface area contributed by atoms with E-state index >= 15 is 0 Å². The second kappa shape index (κ2) is 5.06. The molecule has 0 saturated carbocycles. The van der Waals surface area contributed by atoms with Crippen molar-refractivity contribution in [3.05, 3.63) is 35.0 Å². The summed E-state index contributed by atoms with van der Waals surface area (Å²) in [4.78, 5) is 0. The molecule has 1 aliphatic heterocycles. The Morgan fingerprint density at radius 3 is 2.85 bits per heavy atom. The van der Waals surface area contributed by atoms with E-state index in [0.717, 1.165) is 11.8 Å². The van der Waals surface area contributed by atoms with Crippen LogP contribution in [0.5, 0.6) is 0 Å². The molecule has 1 N–H and O–H groups in total. The minimum absolute atomic E-state index is 0.135. The number of hydrogen-bond acceptors (Lipinski definition) is 4. The van der Waals surface area contributed by atoms with Gasteiger partial charge in [-0.05, 0) is 25.0 Å². The maximum atomic E-state index is 12.1. The first-order valence-corrected chi connectivity index (χ1v) is 8.66. The molecule has 1 aromatic heterocycles. The van der Waals surface area contributed by atoms with Crippen molar-refractivity contribution in [3.8, 4) is 0 Å². The number of halogens is 1. The minimum atomic E-state index is -3.26. The van der Waals surface area contributed by atoms with Crippen molar-refractivity contribution in [2.24, 2.45) is 0 Å². The van der Waals surface area contributed by atoms with Crippen molar-refractivity contribution in [3.63, 3.8) is 0 Å². The summed E-state index contributed by atoms with van der Waals surface area (Å²) >= 11 is 6.02. The number of aliphatic hydroxyl groups is 1. The van der Waals surface area contributed by atoms with E-state index in [-0.39, 0.29) is 11.5 Å². The van der Waals surface area contributed by atoms with E-state index in [0.29, 0.717) is 23.4 Å². The van der Waals surface area contributed by atoms with Crippen molar-refractivity contribution in [1.82, 2.24) is 0 Å². The predicted octanol–water partition coefficient (Wildman–Crippen LogP) is 3.09. The lowest BCUT2D eigenvalue weighted by Gasteiger charge is -2.25. The van der Waals surface area contributed by atoms with Crippen LogP contribution in [0.15, 0.2) is 28.7 Å². The zero-order chi connectivity index (χ0) is 14.3. The van der Waals surface area contributed by atoms with E-state index in [1.165, 1.54) is 0 Å². The first-order chi connectivity index (χ1) is 9.49. The lowest BCUT2D eigenvalue weighted by atomic mass is 10.1. The minimum Gasteiger partial charge on any atom is -0.457 e. The number of aliphatic hydroxyl groups excluding tert-OH is 1. The van der Waals surface area contributed by atoms with Crippen LogP contribution in [-0.2, 0) is 9.84 Å². The highest BCUT2D eigenvalue weighted by molar-refractivity contribution is 7.92. The maximum absolute atomic E-state index is 12.1. The Morgan fingerprint density at radius 1 is 1.35 bits per heavy atom. The van der Waals surface area contributed by atoms with Crippen LogP contribution in [0.3, 0.4) is 0 Å². The Morgan fingerprint density at radius 2 is 2.15 bits per heavy atom. The molecular formula is C14H15ClO4S. The van der Waals surface area contributed by atoms with Crippen LogP contribution in [0.4, 0.5) is 0 Å². The summed E-state index contributed by atoms with van der Waals surface area (Å²) in [6.07, 6.45) is 0.803. The van der Waals surface area contributed by atoms with E-state index in [4.69, 9.17) is 16.0 Å². The summed E-state index contributed by atoms with van der Waals surface area (Å²) in [6.45, 7) is 0. The first-order valence-electron chi connectivity index (χ1n) is 6.56. The van der Waals surface area contributed by atoms with Gasteiger partial charge in [0.2, 0.25) is 0 Å². The van der Waals surface area contributed by atoms with Gasteiger partial charge < -0.3 is 9.52 Å². The Kier molecular flexibility index (Phi) is 3.52. The molecule has 1 aliphatic rings. The molecule has 1 aromatic carbocycles. The molecule has 0 spiro atoms. The Balaban J connectivity index is 2.00. The Bertz CT molecular complexity index is 735. The average Bonchev–Trinajstić information content (AvgIpc) is 2.83. The highest BCUT2D eigenvalue weighted by Gasteiger charge is 2.37. The van der Waals surface area contributed by atoms with Crippen LogP contribution >= 0.6 is 11.6 Å². The van der Waals surface area contributed by atoms with Gasteiger partial charge in [-0.2, -0.15) is 0 Å². The molecule has 2 heterocycles. The zero-order valence-electron chi connectivity index (χ0n) is 10.8. The van der Waals surface area contributed by atoms with Crippen LogP contribution < -0.4 is 0 Å². The molecule has 2 atom stereocenters. The highest BCUT2D eigenvalue weighted by atomic mass is 35.5. The van der Waals surface area contributed by atoms with Crippen LogP contribution in [0, 0.1) is 0 Å². The fourth-order valence-electron chi connectivity index (χ4n) is 2.71. The summed E-state index contributed by atoms with van der Waals surface area (Å²) in [5.74, 6) is 0.402. The summed E-state index contributed by atoms with van der Waals surface area (Å²) in [6, 6.07) is 6.96. The monoisotopic (exact) mass is 314 g/mol. The summed E-state index contributed by atoms with van der Waals surface area (Å²) in [5, 5.41) is 10.8. The molecule has 6 heteroatoms. The molecule has 108 valence electrons. The lowest BCUT2D eigenvalue weighted by Crippen LogP contribution is -2.33. The summed E-state index contributed by atoms with van der Waals surface area (Å²) in [7, 11) is -3.26. The number of hydrogen-bond donors (Lipinski definition) is 1. The zero-order valence-corrected chi connectivity index (χ0v) is 12.3. The number of rotatable bonds is 2. The van der Waals surface area contributed by atoms with Gasteiger partial charge in [0.25, 0.3) is 0 Å². The Hall–Kier alpha value is -1.04. The summed E-state index contributed by atoms with van der Waals surface area (Å²) in [5.41, 5.74) is 0.483. The number of benzene rings is 1. The number of fused-ring (bicyclic) bond motifs is 1. The van der Waals surface area contributed by atoms with E-state index in [1.54, 1.807) is 18.2 Å². The van der Waals surface area contributed by atoms with E-state index in [9.17, 15) is 13.5 Å². The molecular weight excluding hydrogens is 300 g/mol. The molecule has 2 aromatic rings. The quantitative estimate of drug-likeness (QED) is 0.925. The molecule has 3 rings (SSSR count). The summed E-state index contributed by atoms with van der Waals surface area (Å²) < 4.78 is 29.7. The Labute approximate surface area is 122 Å². The van der Waals surface area contributed by atoms with Gasteiger partial charge in [0, 0.05) is 5.39 Å². The second-order valence-corrected chi connectivity index (χ2v) is 7.90. The van der Waals surface area contributed by atoms with Gasteiger partial charge in [0.05, 0.1) is 16.0 Å². The predicted molar refractivity (Wildman–Crippen MR) is 77.6 cm³/mol. The van der Waals surface area contributed by atoms with Crippen LogP contribution in [-0.4, -0.2) is 24.5 Å². The van der Waals surface area contributed by atoms with E-state index < -0.39 is 21.2 Å². The van der Waals surface area contributed by atoms with Crippen molar-refractivity contribution >= 4 is 32.4 Å². The van der Waals surface area contributed by atoms with Crippen LogP contribution in [0.2, 0.25) is 5.02 Å². The van der Waals surface area contributed by atoms with Gasteiger partial charge in [0.15, 0.2) is 15.4 Å². The number of sulfone groups is 1. The van der Waals surface area contributed by atoms with Gasteiger partial charge in [0.1, 0.15) is 11.9 Å². The maximum Gasteiger partial charge on any atom is 0.156 e. The lowest BCUT2D eigenvalue weighted by molar-refractivity contribution is 0.140. The molecule has 0 amide bonds. The molecule has 0 aliphatic carbocycles. The topological polar surface area (TPSA) is 67.5 Å². The van der Waals surface area contributed by atoms with Crippen molar-refractivity contribution < 1.29 is 17.9 Å². The van der Waals surface area contributed by atoms with Crippen molar-refractivity contribution in [1.29, 1.82) is 0 Å². The normalized spacial score (nSPS) is 23.8. The first kappa shape index (κ1) is 13.9. The van der Waals surface area contributed by atoms with Crippen LogP contribution in [0.1, 0.15) is 31.1 Å². The van der Waals surface area contributed by atoms with E-state index in [1.807, 2.05) is 6.07 Å². The SMILES string of the molecule is O=S1(=O)CCCCC1C(O)c1cc2cccc(Cl)c2o1. The molecule has 0 radical (unpaired) electrons. The second-order valence-electron chi connectivity index (χ2n) is 5.15. The third-order valence-electron chi connectivity index (χ3n) is 3.79. The van der Waals surface area contributed by atoms with Gasteiger partial charge in [-0.3, -0.25) is 0 Å². The van der Waals surface area contributed by atoms with Crippen molar-refractivity contribution in [2.75, 3.05) is 5.75 Å². The number of furan rings is 1. The number of para-hydroxylation sites is 1. The standard InChI is InChI=1S/C14H15ClO4S/c15-10-5-3-4-9-8-11(19-14(9)10)13(16)12-6-1-2-7-20(12,17)18/h3-5,8,12-13,16H,1-2,6-7H2. The van der Waals surface area contributed by atoms with Gasteiger partial charge in [-0.25, -0.2) is 8.42 Å². The van der Waals surface area contributed by atoms with Crippen molar-refractivity contribution in [2.45, 2.75) is 30.6 Å². The van der Waals surface area contributed by atoms with Gasteiger partial charge in [-0.15, -0.1) is 0 Å². The van der Waals surface area contributed by atoms with Gasteiger partial charge in [-0.1, -0.05) is 30.2 Å². The third-order valence-corrected chi connectivity index (χ3v) is 6.36. The van der Waals surface area contributed by atoms with Gasteiger partial charge >= 0.3 is 0 Å². The largest absolute Gasteiger partial charge is 0.457 e.